The van der Waals surface area contributed by atoms with Crippen LogP contribution >= 0.6 is 0 Å². The number of hydrogen-bond donors (Lipinski definition) is 1. The van der Waals surface area contributed by atoms with Gasteiger partial charge in [0.15, 0.2) is 0 Å². The van der Waals surface area contributed by atoms with Crippen LogP contribution < -0.4 is 10.1 Å². The highest BCUT2D eigenvalue weighted by Gasteiger charge is 2.18. The van der Waals surface area contributed by atoms with E-state index in [1.54, 1.807) is 13.3 Å². The average molecular weight is 270 g/mol. The first-order valence-electron chi connectivity index (χ1n) is 6.87. The molecule has 2 aromatic rings. The third-order valence-corrected chi connectivity index (χ3v) is 3.57. The third-order valence-electron chi connectivity index (χ3n) is 3.57. The minimum Gasteiger partial charge on any atom is -0.496 e. The van der Waals surface area contributed by atoms with E-state index in [2.05, 4.69) is 42.3 Å². The molecule has 3 nitrogen and oxygen atoms in total. The Bertz CT molecular complexity index is 567. The molecule has 0 spiro atoms. The van der Waals surface area contributed by atoms with Crippen LogP contribution in [0.25, 0.3) is 0 Å². The van der Waals surface area contributed by atoms with Crippen molar-refractivity contribution in [2.24, 2.45) is 0 Å². The first-order chi connectivity index (χ1) is 9.65. The number of aromatic nitrogens is 1. The summed E-state index contributed by atoms with van der Waals surface area (Å²) in [5, 5.41) is 3.39. The molecular weight excluding hydrogens is 248 g/mol. The molecule has 20 heavy (non-hydrogen) atoms. The number of methoxy groups -OCH3 is 1. The Hall–Kier alpha value is -1.87. The van der Waals surface area contributed by atoms with Crippen molar-refractivity contribution in [1.29, 1.82) is 0 Å². The number of nitrogens with zero attached hydrogens (tertiary/aromatic N) is 1. The lowest BCUT2D eigenvalue weighted by molar-refractivity contribution is 0.400. The SMILES string of the molecule is CNC(Cc1cccnc1)c1c(C)cc(C)cc1OC. The number of ether oxygens (including phenoxy) is 1. The first kappa shape index (κ1) is 14.5. The highest BCUT2D eigenvalue weighted by Crippen LogP contribution is 2.31. The maximum Gasteiger partial charge on any atom is 0.124 e. The summed E-state index contributed by atoms with van der Waals surface area (Å²) in [5.74, 6) is 0.950. The molecule has 1 atom stereocenters. The number of likely N-dealkylation sites (N-methyl/N-ethyl adjacent to an activating group) is 1. The van der Waals surface area contributed by atoms with Gasteiger partial charge in [-0.2, -0.15) is 0 Å². The topological polar surface area (TPSA) is 34.2 Å². The molecule has 2 rings (SSSR count). The summed E-state index contributed by atoms with van der Waals surface area (Å²) in [5.41, 5.74) is 4.92. The zero-order chi connectivity index (χ0) is 14.5. The van der Waals surface area contributed by atoms with Gasteiger partial charge in [0.2, 0.25) is 0 Å². The van der Waals surface area contributed by atoms with E-state index in [9.17, 15) is 0 Å². The van der Waals surface area contributed by atoms with Crippen molar-refractivity contribution >= 4 is 0 Å². The molecule has 0 aliphatic rings. The number of aryl methyl sites for hydroxylation is 2. The van der Waals surface area contributed by atoms with E-state index in [-0.39, 0.29) is 6.04 Å². The van der Waals surface area contributed by atoms with Crippen LogP contribution in [-0.4, -0.2) is 19.1 Å². The van der Waals surface area contributed by atoms with Gasteiger partial charge in [0.05, 0.1) is 7.11 Å². The monoisotopic (exact) mass is 270 g/mol. The number of hydrogen-bond acceptors (Lipinski definition) is 3. The van der Waals surface area contributed by atoms with Gasteiger partial charge in [-0.3, -0.25) is 4.98 Å². The fourth-order valence-corrected chi connectivity index (χ4v) is 2.66. The predicted molar refractivity (Wildman–Crippen MR) is 82.2 cm³/mol. The van der Waals surface area contributed by atoms with Crippen LogP contribution in [0.4, 0.5) is 0 Å². The molecule has 1 aromatic carbocycles. The van der Waals surface area contributed by atoms with Crippen molar-refractivity contribution in [1.82, 2.24) is 10.3 Å². The van der Waals surface area contributed by atoms with E-state index in [0.29, 0.717) is 0 Å². The van der Waals surface area contributed by atoms with Crippen LogP contribution in [0.3, 0.4) is 0 Å². The van der Waals surface area contributed by atoms with Gasteiger partial charge >= 0.3 is 0 Å². The zero-order valence-electron chi connectivity index (χ0n) is 12.6. The molecular formula is C17H22N2O. The van der Waals surface area contributed by atoms with E-state index in [0.717, 1.165) is 12.2 Å². The van der Waals surface area contributed by atoms with E-state index in [4.69, 9.17) is 4.74 Å². The molecule has 106 valence electrons. The van der Waals surface area contributed by atoms with E-state index in [1.165, 1.54) is 22.3 Å². The molecule has 0 bridgehead atoms. The molecule has 1 aromatic heterocycles. The van der Waals surface area contributed by atoms with Gasteiger partial charge in [-0.15, -0.1) is 0 Å². The van der Waals surface area contributed by atoms with Crippen molar-refractivity contribution in [3.05, 3.63) is 58.9 Å². The second-order valence-corrected chi connectivity index (χ2v) is 5.10. The van der Waals surface area contributed by atoms with Crippen molar-refractivity contribution in [2.75, 3.05) is 14.2 Å². The molecule has 1 unspecified atom stereocenters. The van der Waals surface area contributed by atoms with Crippen LogP contribution in [0, 0.1) is 13.8 Å². The van der Waals surface area contributed by atoms with Crippen LogP contribution in [-0.2, 0) is 6.42 Å². The van der Waals surface area contributed by atoms with Crippen LogP contribution in [0.2, 0.25) is 0 Å². The minimum atomic E-state index is 0.217. The molecule has 0 saturated heterocycles. The number of rotatable bonds is 5. The summed E-state index contributed by atoms with van der Waals surface area (Å²) in [6, 6.07) is 8.59. The van der Waals surface area contributed by atoms with E-state index in [1.807, 2.05) is 19.3 Å². The Balaban J connectivity index is 2.37. The fraction of sp³-hybridized carbons (Fsp3) is 0.353. The summed E-state index contributed by atoms with van der Waals surface area (Å²) in [6.45, 7) is 4.23. The molecule has 0 aliphatic heterocycles. The zero-order valence-corrected chi connectivity index (χ0v) is 12.6. The van der Waals surface area contributed by atoms with Gasteiger partial charge in [0.1, 0.15) is 5.75 Å². The Morgan fingerprint density at radius 2 is 2.10 bits per heavy atom. The molecule has 0 amide bonds. The van der Waals surface area contributed by atoms with Gasteiger partial charge in [0, 0.05) is 24.0 Å². The minimum absolute atomic E-state index is 0.217. The Kier molecular flexibility index (Phi) is 4.74. The summed E-state index contributed by atoms with van der Waals surface area (Å²) >= 11 is 0. The second kappa shape index (κ2) is 6.53. The van der Waals surface area contributed by atoms with E-state index < -0.39 is 0 Å². The fourth-order valence-electron chi connectivity index (χ4n) is 2.66. The van der Waals surface area contributed by atoms with Crippen molar-refractivity contribution in [3.8, 4) is 5.75 Å². The standard InChI is InChI=1S/C17H22N2O/c1-12-8-13(2)17(16(9-12)20-4)15(18-3)10-14-6-5-7-19-11-14/h5-9,11,15,18H,10H2,1-4H3. The number of nitrogens with one attached hydrogen (secondary N) is 1. The molecule has 0 aliphatic carbocycles. The quantitative estimate of drug-likeness (QED) is 0.906. The van der Waals surface area contributed by atoms with Crippen LogP contribution in [0.15, 0.2) is 36.7 Å². The van der Waals surface area contributed by atoms with Gasteiger partial charge in [-0.1, -0.05) is 12.1 Å². The van der Waals surface area contributed by atoms with Gasteiger partial charge in [0.25, 0.3) is 0 Å². The maximum absolute atomic E-state index is 5.57. The Morgan fingerprint density at radius 3 is 2.70 bits per heavy atom. The lowest BCUT2D eigenvalue weighted by Crippen LogP contribution is -2.21. The van der Waals surface area contributed by atoms with E-state index >= 15 is 0 Å². The normalized spacial score (nSPS) is 12.2. The Morgan fingerprint density at radius 1 is 1.30 bits per heavy atom. The lowest BCUT2D eigenvalue weighted by atomic mass is 9.94. The molecule has 0 saturated carbocycles. The lowest BCUT2D eigenvalue weighted by Gasteiger charge is -2.22. The largest absolute Gasteiger partial charge is 0.496 e. The van der Waals surface area contributed by atoms with Crippen LogP contribution in [0.5, 0.6) is 5.75 Å². The highest BCUT2D eigenvalue weighted by molar-refractivity contribution is 5.45. The number of benzene rings is 1. The molecule has 0 fully saturated rings. The third kappa shape index (κ3) is 3.17. The maximum atomic E-state index is 5.57. The molecule has 1 heterocycles. The van der Waals surface area contributed by atoms with Gasteiger partial charge < -0.3 is 10.1 Å². The van der Waals surface area contributed by atoms with Crippen molar-refractivity contribution in [3.63, 3.8) is 0 Å². The van der Waals surface area contributed by atoms with Crippen molar-refractivity contribution in [2.45, 2.75) is 26.3 Å². The summed E-state index contributed by atoms with van der Waals surface area (Å²) in [4.78, 5) is 4.19. The molecule has 0 radical (unpaired) electrons. The number of pyridine rings is 1. The molecule has 3 heteroatoms. The average Bonchev–Trinajstić information content (AvgIpc) is 2.45. The summed E-state index contributed by atoms with van der Waals surface area (Å²) in [7, 11) is 3.72. The smallest absolute Gasteiger partial charge is 0.124 e. The highest BCUT2D eigenvalue weighted by atomic mass is 16.5. The van der Waals surface area contributed by atoms with Crippen molar-refractivity contribution < 1.29 is 4.74 Å². The Labute approximate surface area is 121 Å². The molecule has 1 N–H and O–H groups in total. The first-order valence-corrected chi connectivity index (χ1v) is 6.87. The van der Waals surface area contributed by atoms with Crippen LogP contribution in [0.1, 0.15) is 28.3 Å². The summed E-state index contributed by atoms with van der Waals surface area (Å²) < 4.78 is 5.57. The second-order valence-electron chi connectivity index (χ2n) is 5.10. The summed E-state index contributed by atoms with van der Waals surface area (Å²) in [6.07, 6.45) is 4.61. The van der Waals surface area contributed by atoms with Gasteiger partial charge in [-0.05, 0) is 56.1 Å². The predicted octanol–water partition coefficient (Wildman–Crippen LogP) is 3.21. The van der Waals surface area contributed by atoms with Gasteiger partial charge in [-0.25, -0.2) is 0 Å².